The highest BCUT2D eigenvalue weighted by molar-refractivity contribution is 7.91. The first kappa shape index (κ1) is 10.6. The third-order valence-electron chi connectivity index (χ3n) is 2.41. The molecular weight excluding hydrogens is 186 g/mol. The maximum Gasteiger partial charge on any atom is 0.151 e. The Bertz CT molecular complexity index is 302. The topological polar surface area (TPSA) is 37.4 Å². The van der Waals surface area contributed by atoms with Crippen LogP contribution in [0, 0.1) is 12.3 Å². The SMILES string of the molecule is C#CCCN1CCC(S(C)(=O)=O)C1. The first-order valence-corrected chi connectivity index (χ1v) is 6.34. The molecule has 1 aliphatic rings. The summed E-state index contributed by atoms with van der Waals surface area (Å²) in [7, 11) is -2.85. The zero-order valence-electron chi connectivity index (χ0n) is 7.86. The molecule has 13 heavy (non-hydrogen) atoms. The highest BCUT2D eigenvalue weighted by Gasteiger charge is 2.29. The van der Waals surface area contributed by atoms with Crippen LogP contribution in [0.2, 0.25) is 0 Å². The zero-order chi connectivity index (χ0) is 9.90. The number of sulfone groups is 1. The van der Waals surface area contributed by atoms with Crippen LogP contribution in [0.25, 0.3) is 0 Å². The van der Waals surface area contributed by atoms with Crippen LogP contribution in [0.1, 0.15) is 12.8 Å². The van der Waals surface area contributed by atoms with Crippen LogP contribution < -0.4 is 0 Å². The van der Waals surface area contributed by atoms with Crippen molar-refractivity contribution in [1.29, 1.82) is 0 Å². The first-order chi connectivity index (χ1) is 6.04. The standard InChI is InChI=1S/C9H15NO2S/c1-3-4-6-10-7-5-9(8-10)13(2,11)12/h1,9H,4-8H2,2H3. The summed E-state index contributed by atoms with van der Waals surface area (Å²) in [5.41, 5.74) is 0. The van der Waals surface area contributed by atoms with Crippen LogP contribution in [0.5, 0.6) is 0 Å². The fourth-order valence-corrected chi connectivity index (χ4v) is 2.59. The maximum atomic E-state index is 11.2. The van der Waals surface area contributed by atoms with Crippen LogP contribution in [-0.4, -0.2) is 44.5 Å². The second-order valence-electron chi connectivity index (χ2n) is 3.49. The summed E-state index contributed by atoms with van der Waals surface area (Å²) in [5, 5.41) is -0.176. The van der Waals surface area contributed by atoms with E-state index in [9.17, 15) is 8.42 Å². The molecule has 1 rings (SSSR count). The molecule has 0 aromatic carbocycles. The lowest BCUT2D eigenvalue weighted by molar-refractivity contribution is 0.348. The minimum absolute atomic E-state index is 0.176. The van der Waals surface area contributed by atoms with Gasteiger partial charge >= 0.3 is 0 Å². The highest BCUT2D eigenvalue weighted by atomic mass is 32.2. The van der Waals surface area contributed by atoms with E-state index in [2.05, 4.69) is 10.8 Å². The Morgan fingerprint density at radius 2 is 2.31 bits per heavy atom. The molecule has 4 heteroatoms. The van der Waals surface area contributed by atoms with E-state index in [1.165, 1.54) is 6.26 Å². The summed E-state index contributed by atoms with van der Waals surface area (Å²) in [5.74, 6) is 2.56. The van der Waals surface area contributed by atoms with Crippen molar-refractivity contribution in [1.82, 2.24) is 4.90 Å². The molecule has 0 amide bonds. The predicted octanol–water partition coefficient (Wildman–Crippen LogP) is 0.129. The predicted molar refractivity (Wildman–Crippen MR) is 53.1 cm³/mol. The minimum Gasteiger partial charge on any atom is -0.301 e. The van der Waals surface area contributed by atoms with Gasteiger partial charge in [0, 0.05) is 25.8 Å². The molecule has 0 spiro atoms. The van der Waals surface area contributed by atoms with Gasteiger partial charge in [0.05, 0.1) is 5.25 Å². The molecular formula is C9H15NO2S. The zero-order valence-corrected chi connectivity index (χ0v) is 8.68. The fourth-order valence-electron chi connectivity index (χ4n) is 1.57. The second-order valence-corrected chi connectivity index (χ2v) is 5.82. The Kier molecular flexibility index (Phi) is 3.34. The van der Waals surface area contributed by atoms with Crippen molar-refractivity contribution in [3.63, 3.8) is 0 Å². The van der Waals surface area contributed by atoms with Gasteiger partial charge in [0.25, 0.3) is 0 Å². The number of rotatable bonds is 3. The molecule has 0 aromatic rings. The molecule has 1 saturated heterocycles. The van der Waals surface area contributed by atoms with Gasteiger partial charge in [-0.05, 0) is 13.0 Å². The summed E-state index contributed by atoms with van der Waals surface area (Å²) in [6.45, 7) is 2.34. The van der Waals surface area contributed by atoms with E-state index in [0.717, 1.165) is 19.5 Å². The molecule has 1 aliphatic heterocycles. The van der Waals surface area contributed by atoms with E-state index in [0.29, 0.717) is 13.0 Å². The molecule has 0 aliphatic carbocycles. The lowest BCUT2D eigenvalue weighted by Crippen LogP contribution is -2.26. The molecule has 0 N–H and O–H groups in total. The third kappa shape index (κ3) is 3.02. The van der Waals surface area contributed by atoms with Crippen LogP contribution in [0.4, 0.5) is 0 Å². The molecule has 0 bridgehead atoms. The largest absolute Gasteiger partial charge is 0.301 e. The van der Waals surface area contributed by atoms with Crippen molar-refractivity contribution < 1.29 is 8.42 Å². The molecule has 1 unspecified atom stereocenters. The van der Waals surface area contributed by atoms with Crippen LogP contribution in [-0.2, 0) is 9.84 Å². The summed E-state index contributed by atoms with van der Waals surface area (Å²) < 4.78 is 22.4. The fraction of sp³-hybridized carbons (Fsp3) is 0.778. The molecule has 1 fully saturated rings. The van der Waals surface area contributed by atoms with E-state index in [-0.39, 0.29) is 5.25 Å². The van der Waals surface area contributed by atoms with Gasteiger partial charge in [0.2, 0.25) is 0 Å². The summed E-state index contributed by atoms with van der Waals surface area (Å²) in [4.78, 5) is 2.12. The second kappa shape index (κ2) is 4.12. The van der Waals surface area contributed by atoms with E-state index >= 15 is 0 Å². The van der Waals surface area contributed by atoms with Crippen molar-refractivity contribution >= 4 is 9.84 Å². The van der Waals surface area contributed by atoms with Gasteiger partial charge in [0.1, 0.15) is 0 Å². The van der Waals surface area contributed by atoms with E-state index in [1.54, 1.807) is 0 Å². The number of terminal acetylenes is 1. The summed E-state index contributed by atoms with van der Waals surface area (Å²) >= 11 is 0. The molecule has 74 valence electrons. The van der Waals surface area contributed by atoms with Gasteiger partial charge in [0.15, 0.2) is 9.84 Å². The van der Waals surface area contributed by atoms with Crippen molar-refractivity contribution in [2.45, 2.75) is 18.1 Å². The molecule has 0 aromatic heterocycles. The average Bonchev–Trinajstić information content (AvgIpc) is 2.47. The molecule has 1 atom stereocenters. The van der Waals surface area contributed by atoms with Gasteiger partial charge in [-0.3, -0.25) is 0 Å². The van der Waals surface area contributed by atoms with Crippen molar-refractivity contribution in [2.75, 3.05) is 25.9 Å². The van der Waals surface area contributed by atoms with Gasteiger partial charge in [-0.25, -0.2) is 8.42 Å². The van der Waals surface area contributed by atoms with Crippen molar-refractivity contribution in [2.24, 2.45) is 0 Å². The van der Waals surface area contributed by atoms with Crippen LogP contribution in [0.15, 0.2) is 0 Å². The Morgan fingerprint density at radius 3 is 2.77 bits per heavy atom. The van der Waals surface area contributed by atoms with E-state index in [4.69, 9.17) is 6.42 Å². The Morgan fingerprint density at radius 1 is 1.62 bits per heavy atom. The Labute approximate surface area is 80.0 Å². The molecule has 3 nitrogen and oxygen atoms in total. The minimum atomic E-state index is -2.85. The molecule has 1 heterocycles. The third-order valence-corrected chi connectivity index (χ3v) is 4.00. The average molecular weight is 201 g/mol. The smallest absolute Gasteiger partial charge is 0.151 e. The number of likely N-dealkylation sites (tertiary alicyclic amines) is 1. The van der Waals surface area contributed by atoms with Crippen molar-refractivity contribution in [3.05, 3.63) is 0 Å². The summed E-state index contributed by atoms with van der Waals surface area (Å²) in [6.07, 6.45) is 7.90. The normalized spacial score (nSPS) is 24.5. The van der Waals surface area contributed by atoms with E-state index < -0.39 is 9.84 Å². The van der Waals surface area contributed by atoms with Gasteiger partial charge in [-0.1, -0.05) is 0 Å². The van der Waals surface area contributed by atoms with Gasteiger partial charge in [-0.2, -0.15) is 0 Å². The number of hydrogen-bond acceptors (Lipinski definition) is 3. The highest BCUT2D eigenvalue weighted by Crippen LogP contribution is 2.15. The van der Waals surface area contributed by atoms with E-state index in [1.807, 2.05) is 0 Å². The van der Waals surface area contributed by atoms with Crippen LogP contribution >= 0.6 is 0 Å². The Hall–Kier alpha value is -0.530. The molecule has 0 saturated carbocycles. The Balaban J connectivity index is 2.42. The van der Waals surface area contributed by atoms with Gasteiger partial charge < -0.3 is 4.90 Å². The first-order valence-electron chi connectivity index (χ1n) is 4.38. The quantitative estimate of drug-likeness (QED) is 0.609. The maximum absolute atomic E-state index is 11.2. The van der Waals surface area contributed by atoms with Gasteiger partial charge in [-0.15, -0.1) is 12.3 Å². The lowest BCUT2D eigenvalue weighted by atomic mass is 10.4. The lowest BCUT2D eigenvalue weighted by Gasteiger charge is -2.13. The summed E-state index contributed by atoms with van der Waals surface area (Å²) in [6, 6.07) is 0. The number of nitrogens with zero attached hydrogens (tertiary/aromatic N) is 1. The monoisotopic (exact) mass is 201 g/mol. The van der Waals surface area contributed by atoms with Crippen LogP contribution in [0.3, 0.4) is 0 Å². The molecule has 0 radical (unpaired) electrons. The number of hydrogen-bond donors (Lipinski definition) is 0. The van der Waals surface area contributed by atoms with Crippen molar-refractivity contribution in [3.8, 4) is 12.3 Å².